The number of hydrogen-bond acceptors (Lipinski definition) is 5. The molecule has 0 amide bonds. The molecule has 1 N–H and O–H groups in total. The molecule has 1 atom stereocenters. The molecule has 0 aliphatic carbocycles. The fourth-order valence-electron chi connectivity index (χ4n) is 4.94. The minimum atomic E-state index is -1.01. The number of carbonyl (C=O) groups is 1. The van der Waals surface area contributed by atoms with Gasteiger partial charge in [-0.3, -0.25) is 9.36 Å². The number of aromatic nitrogens is 4. The summed E-state index contributed by atoms with van der Waals surface area (Å²) in [4.78, 5) is 25.1. The molecule has 3 aromatic carbocycles. The molecular formula is C29H24N4O3S. The summed E-state index contributed by atoms with van der Waals surface area (Å²) in [7, 11) is 0. The van der Waals surface area contributed by atoms with Crippen LogP contribution in [0, 0.1) is 6.92 Å². The third-order valence-electron chi connectivity index (χ3n) is 6.78. The van der Waals surface area contributed by atoms with Gasteiger partial charge in [0.25, 0.3) is 5.56 Å². The molecule has 0 spiro atoms. The predicted molar refractivity (Wildman–Crippen MR) is 144 cm³/mol. The van der Waals surface area contributed by atoms with Crippen LogP contribution in [-0.4, -0.2) is 36.4 Å². The lowest BCUT2D eigenvalue weighted by molar-refractivity contribution is -0.140. The highest BCUT2D eigenvalue weighted by Crippen LogP contribution is 2.41. The molecule has 0 radical (unpaired) electrons. The molecule has 0 fully saturated rings. The molecule has 7 nitrogen and oxygen atoms in total. The van der Waals surface area contributed by atoms with Gasteiger partial charge in [-0.2, -0.15) is 0 Å². The highest BCUT2D eigenvalue weighted by molar-refractivity contribution is 7.99. The lowest BCUT2D eigenvalue weighted by Gasteiger charge is -2.16. The van der Waals surface area contributed by atoms with Crippen LogP contribution in [0.3, 0.4) is 0 Å². The number of carboxylic acid groups (broad SMARTS) is 1. The Bertz CT molecular complexity index is 1700. The van der Waals surface area contributed by atoms with Gasteiger partial charge in [-0.05, 0) is 40.8 Å². The van der Waals surface area contributed by atoms with Crippen molar-refractivity contribution < 1.29 is 9.90 Å². The first kappa shape index (κ1) is 23.2. The number of thioether (sulfide) groups is 1. The second-order valence-corrected chi connectivity index (χ2v) is 10.3. The summed E-state index contributed by atoms with van der Waals surface area (Å²) in [5.74, 6) is -0.712. The summed E-state index contributed by atoms with van der Waals surface area (Å²) in [6.45, 7) is 2.61. The van der Waals surface area contributed by atoms with Gasteiger partial charge in [0.05, 0.1) is 17.8 Å². The highest BCUT2D eigenvalue weighted by atomic mass is 32.2. The van der Waals surface area contributed by atoms with E-state index in [9.17, 15) is 14.7 Å². The Morgan fingerprint density at radius 1 is 1.05 bits per heavy atom. The lowest BCUT2D eigenvalue weighted by Crippen LogP contribution is -2.29. The van der Waals surface area contributed by atoms with Crippen LogP contribution in [0.5, 0.6) is 0 Å². The van der Waals surface area contributed by atoms with E-state index in [1.807, 2.05) is 24.4 Å². The van der Waals surface area contributed by atoms with Crippen molar-refractivity contribution in [2.75, 3.05) is 5.75 Å². The maximum Gasteiger partial charge on any atom is 0.327 e. The largest absolute Gasteiger partial charge is 0.480 e. The first-order valence-electron chi connectivity index (χ1n) is 12.0. The molecule has 5 aromatic rings. The van der Waals surface area contributed by atoms with Crippen LogP contribution in [0.25, 0.3) is 22.0 Å². The Kier molecular flexibility index (Phi) is 5.88. The van der Waals surface area contributed by atoms with E-state index in [0.717, 1.165) is 33.0 Å². The van der Waals surface area contributed by atoms with Crippen molar-refractivity contribution >= 4 is 28.5 Å². The molecule has 2 aromatic heterocycles. The molecule has 1 aliphatic rings. The Labute approximate surface area is 217 Å². The standard InChI is InChI=1S/C29H24N4O3S/c1-18-9-11-19(12-10-18)15-32-16-24(30-31-32)27-22(13-21-7-4-6-20-5-2-3-8-23(20)21)14-26(34)33-25(29(35)36)17-37-28(27)33/h2-12,14,16,25H,13,15,17H2,1H3,(H,35,36)/t25-/m0/s1. The SMILES string of the molecule is Cc1ccc(Cn2cc(-c3c(Cc4cccc5ccccc45)cc(=O)n4c3SC[C@H]4C(=O)O)nn2)cc1. The van der Waals surface area contributed by atoms with Gasteiger partial charge in [-0.15, -0.1) is 16.9 Å². The van der Waals surface area contributed by atoms with E-state index in [4.69, 9.17) is 0 Å². The molecule has 0 bridgehead atoms. The molecule has 37 heavy (non-hydrogen) atoms. The number of carboxylic acids is 1. The first-order chi connectivity index (χ1) is 18.0. The molecule has 0 saturated carbocycles. The monoisotopic (exact) mass is 508 g/mol. The average molecular weight is 509 g/mol. The van der Waals surface area contributed by atoms with Gasteiger partial charge in [0, 0.05) is 17.4 Å². The Morgan fingerprint density at radius 3 is 2.65 bits per heavy atom. The van der Waals surface area contributed by atoms with Gasteiger partial charge < -0.3 is 5.11 Å². The average Bonchev–Trinajstić information content (AvgIpc) is 3.54. The number of pyridine rings is 1. The van der Waals surface area contributed by atoms with Crippen molar-refractivity contribution in [1.29, 1.82) is 0 Å². The van der Waals surface area contributed by atoms with Crippen LogP contribution >= 0.6 is 11.8 Å². The molecule has 0 unspecified atom stereocenters. The van der Waals surface area contributed by atoms with E-state index in [1.165, 1.54) is 21.9 Å². The van der Waals surface area contributed by atoms with Crippen molar-refractivity contribution in [3.63, 3.8) is 0 Å². The van der Waals surface area contributed by atoms with E-state index in [1.54, 1.807) is 10.7 Å². The number of rotatable bonds is 6. The van der Waals surface area contributed by atoms with Crippen molar-refractivity contribution in [3.8, 4) is 11.3 Å². The maximum absolute atomic E-state index is 13.2. The van der Waals surface area contributed by atoms with Crippen LogP contribution in [0.15, 0.2) is 88.8 Å². The third kappa shape index (κ3) is 4.34. The Hall–Kier alpha value is -4.17. The number of benzene rings is 3. The second kappa shape index (κ2) is 9.37. The molecule has 3 heterocycles. The molecule has 1 aliphatic heterocycles. The zero-order valence-electron chi connectivity index (χ0n) is 20.2. The minimum Gasteiger partial charge on any atom is -0.480 e. The zero-order valence-corrected chi connectivity index (χ0v) is 21.0. The van der Waals surface area contributed by atoms with Crippen LogP contribution in [0.1, 0.15) is 28.3 Å². The molecule has 8 heteroatoms. The number of hydrogen-bond donors (Lipinski definition) is 1. The smallest absolute Gasteiger partial charge is 0.327 e. The predicted octanol–water partition coefficient (Wildman–Crippen LogP) is 4.94. The topological polar surface area (TPSA) is 90.0 Å². The third-order valence-corrected chi connectivity index (χ3v) is 7.94. The number of aryl methyl sites for hydroxylation is 1. The number of nitrogens with zero attached hydrogens (tertiary/aromatic N) is 4. The van der Waals surface area contributed by atoms with Crippen molar-refractivity contribution in [2.24, 2.45) is 0 Å². The first-order valence-corrected chi connectivity index (χ1v) is 13.0. The molecule has 184 valence electrons. The summed E-state index contributed by atoms with van der Waals surface area (Å²) in [6.07, 6.45) is 2.39. The van der Waals surface area contributed by atoms with E-state index >= 15 is 0 Å². The summed E-state index contributed by atoms with van der Waals surface area (Å²) < 4.78 is 3.17. The van der Waals surface area contributed by atoms with Gasteiger partial charge in [-0.25, -0.2) is 9.48 Å². The quantitative estimate of drug-likeness (QED) is 0.350. The summed E-state index contributed by atoms with van der Waals surface area (Å²) in [5.41, 5.74) is 5.30. The Morgan fingerprint density at radius 2 is 1.84 bits per heavy atom. The molecule has 0 saturated heterocycles. The second-order valence-electron chi connectivity index (χ2n) is 9.33. The normalized spacial score (nSPS) is 14.7. The van der Waals surface area contributed by atoms with Crippen molar-refractivity contribution in [1.82, 2.24) is 19.6 Å². The Balaban J connectivity index is 1.47. The fraction of sp³-hybridized carbons (Fsp3) is 0.172. The van der Waals surface area contributed by atoms with Crippen LogP contribution < -0.4 is 5.56 Å². The van der Waals surface area contributed by atoms with Crippen LogP contribution in [0.2, 0.25) is 0 Å². The van der Waals surface area contributed by atoms with E-state index < -0.39 is 12.0 Å². The van der Waals surface area contributed by atoms with Crippen molar-refractivity contribution in [3.05, 3.63) is 112 Å². The maximum atomic E-state index is 13.2. The minimum absolute atomic E-state index is 0.298. The lowest BCUT2D eigenvalue weighted by atomic mass is 9.95. The number of fused-ring (bicyclic) bond motifs is 2. The highest BCUT2D eigenvalue weighted by Gasteiger charge is 2.34. The zero-order chi connectivity index (χ0) is 25.5. The van der Waals surface area contributed by atoms with E-state index in [0.29, 0.717) is 29.4 Å². The fourth-order valence-corrected chi connectivity index (χ4v) is 6.28. The molecule has 6 rings (SSSR count). The van der Waals surface area contributed by atoms with Crippen LogP contribution in [0.4, 0.5) is 0 Å². The van der Waals surface area contributed by atoms with Gasteiger partial charge in [-0.1, -0.05) is 77.5 Å². The van der Waals surface area contributed by atoms with Gasteiger partial charge >= 0.3 is 5.97 Å². The van der Waals surface area contributed by atoms with Gasteiger partial charge in [0.1, 0.15) is 11.7 Å². The van der Waals surface area contributed by atoms with Gasteiger partial charge in [0.15, 0.2) is 0 Å². The van der Waals surface area contributed by atoms with E-state index in [-0.39, 0.29) is 5.56 Å². The summed E-state index contributed by atoms with van der Waals surface area (Å²) in [6, 6.07) is 23.3. The summed E-state index contributed by atoms with van der Waals surface area (Å²) >= 11 is 1.39. The summed E-state index contributed by atoms with van der Waals surface area (Å²) in [5, 5.41) is 21.5. The number of aliphatic carboxylic acids is 1. The van der Waals surface area contributed by atoms with Crippen LogP contribution in [-0.2, 0) is 17.8 Å². The molecular weight excluding hydrogens is 484 g/mol. The van der Waals surface area contributed by atoms with Gasteiger partial charge in [0.2, 0.25) is 0 Å². The van der Waals surface area contributed by atoms with E-state index in [2.05, 4.69) is 65.8 Å². The van der Waals surface area contributed by atoms with Crippen molar-refractivity contribution in [2.45, 2.75) is 31.0 Å².